The van der Waals surface area contributed by atoms with Crippen LogP contribution in [0.4, 0.5) is 5.69 Å². The molecule has 0 aliphatic rings. The molecule has 0 bridgehead atoms. The van der Waals surface area contributed by atoms with Gasteiger partial charge in [-0.1, -0.05) is 5.92 Å². The molecule has 0 heterocycles. The molecule has 4 heteroatoms. The van der Waals surface area contributed by atoms with Gasteiger partial charge in [0, 0.05) is 17.0 Å². The van der Waals surface area contributed by atoms with Crippen LogP contribution in [0.1, 0.15) is 0 Å². The number of nitro groups is 1. The molecule has 0 atom stereocenters. The molecular formula is C9H7NO2S. The summed E-state index contributed by atoms with van der Waals surface area (Å²) < 4.78 is 0. The van der Waals surface area contributed by atoms with Crippen molar-refractivity contribution in [3.8, 4) is 12.3 Å². The Morgan fingerprint density at radius 3 is 2.54 bits per heavy atom. The highest BCUT2D eigenvalue weighted by molar-refractivity contribution is 7.99. The minimum absolute atomic E-state index is 0.102. The number of benzene rings is 1. The first-order valence-electron chi connectivity index (χ1n) is 3.55. The third-order valence-electron chi connectivity index (χ3n) is 1.37. The van der Waals surface area contributed by atoms with Crippen LogP contribution in [0, 0.1) is 22.5 Å². The number of nitrogens with zero attached hydrogens (tertiary/aromatic N) is 1. The van der Waals surface area contributed by atoms with Gasteiger partial charge < -0.3 is 0 Å². The van der Waals surface area contributed by atoms with Crippen LogP contribution in [0.5, 0.6) is 0 Å². The second kappa shape index (κ2) is 4.53. The van der Waals surface area contributed by atoms with Crippen LogP contribution in [-0.4, -0.2) is 10.7 Å². The molecule has 0 radical (unpaired) electrons. The normalized spacial score (nSPS) is 9.15. The van der Waals surface area contributed by atoms with E-state index in [1.807, 2.05) is 0 Å². The van der Waals surface area contributed by atoms with Gasteiger partial charge >= 0.3 is 0 Å². The predicted octanol–water partition coefficient (Wildman–Crippen LogP) is 2.32. The number of non-ortho nitro benzene ring substituents is 1. The molecule has 13 heavy (non-hydrogen) atoms. The Morgan fingerprint density at radius 1 is 1.46 bits per heavy atom. The monoisotopic (exact) mass is 193 g/mol. The van der Waals surface area contributed by atoms with E-state index in [-0.39, 0.29) is 5.69 Å². The van der Waals surface area contributed by atoms with E-state index in [1.165, 1.54) is 23.9 Å². The molecule has 1 aromatic rings. The van der Waals surface area contributed by atoms with E-state index >= 15 is 0 Å². The first-order valence-corrected chi connectivity index (χ1v) is 4.53. The van der Waals surface area contributed by atoms with Crippen LogP contribution in [-0.2, 0) is 0 Å². The van der Waals surface area contributed by atoms with Crippen LogP contribution < -0.4 is 0 Å². The third-order valence-corrected chi connectivity index (χ3v) is 2.29. The lowest BCUT2D eigenvalue weighted by Gasteiger charge is -1.95. The summed E-state index contributed by atoms with van der Waals surface area (Å²) in [5.74, 6) is 3.06. The summed E-state index contributed by atoms with van der Waals surface area (Å²) in [6.07, 6.45) is 5.08. The summed E-state index contributed by atoms with van der Waals surface area (Å²) in [4.78, 5) is 10.8. The second-order valence-corrected chi connectivity index (χ2v) is 3.29. The fourth-order valence-electron chi connectivity index (χ4n) is 0.789. The molecule has 0 aliphatic heterocycles. The summed E-state index contributed by atoms with van der Waals surface area (Å²) in [5, 5.41) is 10.3. The van der Waals surface area contributed by atoms with Gasteiger partial charge in [-0.25, -0.2) is 0 Å². The van der Waals surface area contributed by atoms with Gasteiger partial charge in [0.2, 0.25) is 0 Å². The molecule has 0 aliphatic carbocycles. The maximum Gasteiger partial charge on any atom is 0.269 e. The number of terminal acetylenes is 1. The zero-order valence-corrected chi connectivity index (χ0v) is 7.58. The van der Waals surface area contributed by atoms with Crippen molar-refractivity contribution in [1.29, 1.82) is 0 Å². The van der Waals surface area contributed by atoms with Gasteiger partial charge in [0.25, 0.3) is 5.69 Å². The van der Waals surface area contributed by atoms with Crippen molar-refractivity contribution in [3.05, 3.63) is 34.4 Å². The Hall–Kier alpha value is -1.47. The Bertz CT molecular complexity index is 340. The molecule has 0 saturated heterocycles. The van der Waals surface area contributed by atoms with Crippen molar-refractivity contribution in [2.75, 3.05) is 5.75 Å². The Morgan fingerprint density at radius 2 is 2.08 bits per heavy atom. The fraction of sp³-hybridized carbons (Fsp3) is 0.111. The largest absolute Gasteiger partial charge is 0.269 e. The number of hydrogen-bond donors (Lipinski definition) is 0. The molecule has 3 nitrogen and oxygen atoms in total. The van der Waals surface area contributed by atoms with Crippen molar-refractivity contribution in [3.63, 3.8) is 0 Å². The lowest BCUT2D eigenvalue weighted by atomic mass is 10.3. The average Bonchev–Trinajstić information content (AvgIpc) is 2.15. The fourth-order valence-corrected chi connectivity index (χ4v) is 1.37. The van der Waals surface area contributed by atoms with E-state index in [9.17, 15) is 10.1 Å². The predicted molar refractivity (Wildman–Crippen MR) is 52.7 cm³/mol. The maximum absolute atomic E-state index is 10.3. The Labute approximate surface area is 80.3 Å². The molecule has 0 N–H and O–H groups in total. The molecule has 66 valence electrons. The van der Waals surface area contributed by atoms with Crippen LogP contribution >= 0.6 is 11.8 Å². The lowest BCUT2D eigenvalue weighted by Crippen LogP contribution is -1.86. The number of hydrogen-bond acceptors (Lipinski definition) is 3. The van der Waals surface area contributed by atoms with Crippen molar-refractivity contribution in [2.24, 2.45) is 0 Å². The van der Waals surface area contributed by atoms with Gasteiger partial charge in [-0.3, -0.25) is 10.1 Å². The topological polar surface area (TPSA) is 43.1 Å². The second-order valence-electron chi connectivity index (χ2n) is 2.24. The van der Waals surface area contributed by atoms with E-state index in [1.54, 1.807) is 12.1 Å². The minimum atomic E-state index is -0.421. The number of thioether (sulfide) groups is 1. The highest BCUT2D eigenvalue weighted by Crippen LogP contribution is 2.20. The lowest BCUT2D eigenvalue weighted by molar-refractivity contribution is -0.384. The number of nitro benzene ring substituents is 1. The molecule has 0 amide bonds. The van der Waals surface area contributed by atoms with E-state index in [2.05, 4.69) is 5.92 Å². The summed E-state index contributed by atoms with van der Waals surface area (Å²) in [6.45, 7) is 0. The highest BCUT2D eigenvalue weighted by atomic mass is 32.2. The molecule has 0 spiro atoms. The van der Waals surface area contributed by atoms with Gasteiger partial charge in [-0.15, -0.1) is 18.2 Å². The van der Waals surface area contributed by atoms with Gasteiger partial charge in [-0.2, -0.15) is 0 Å². The third kappa shape index (κ3) is 2.80. The number of rotatable bonds is 3. The standard InChI is InChI=1S/C9H7NO2S/c1-2-7-13-9-5-3-8(4-6-9)10(11)12/h1,3-6H,7H2. The van der Waals surface area contributed by atoms with E-state index in [0.717, 1.165) is 4.90 Å². The molecule has 0 fully saturated rings. The molecule has 1 aromatic carbocycles. The van der Waals surface area contributed by atoms with E-state index < -0.39 is 4.92 Å². The molecule has 0 unspecified atom stereocenters. The zero-order valence-electron chi connectivity index (χ0n) is 6.77. The Balaban J connectivity index is 2.71. The smallest absolute Gasteiger partial charge is 0.258 e. The first-order chi connectivity index (χ1) is 6.24. The quantitative estimate of drug-likeness (QED) is 0.320. The van der Waals surface area contributed by atoms with Gasteiger partial charge in [-0.05, 0) is 12.1 Å². The molecule has 1 rings (SSSR count). The van der Waals surface area contributed by atoms with Crippen molar-refractivity contribution in [1.82, 2.24) is 0 Å². The zero-order chi connectivity index (χ0) is 9.68. The van der Waals surface area contributed by atoms with Crippen LogP contribution in [0.15, 0.2) is 29.2 Å². The molecular weight excluding hydrogens is 186 g/mol. The molecule has 0 saturated carbocycles. The maximum atomic E-state index is 10.3. The first kappa shape index (κ1) is 9.62. The van der Waals surface area contributed by atoms with Crippen molar-refractivity contribution in [2.45, 2.75) is 4.90 Å². The van der Waals surface area contributed by atoms with Gasteiger partial charge in [0.1, 0.15) is 0 Å². The highest BCUT2D eigenvalue weighted by Gasteiger charge is 2.02. The average molecular weight is 193 g/mol. The minimum Gasteiger partial charge on any atom is -0.258 e. The van der Waals surface area contributed by atoms with Crippen LogP contribution in [0.3, 0.4) is 0 Å². The van der Waals surface area contributed by atoms with Gasteiger partial charge in [0.05, 0.1) is 10.7 Å². The van der Waals surface area contributed by atoms with Crippen LogP contribution in [0.2, 0.25) is 0 Å². The van der Waals surface area contributed by atoms with E-state index in [4.69, 9.17) is 6.42 Å². The van der Waals surface area contributed by atoms with Crippen LogP contribution in [0.25, 0.3) is 0 Å². The van der Waals surface area contributed by atoms with Crippen molar-refractivity contribution < 1.29 is 4.92 Å². The summed E-state index contributed by atoms with van der Waals surface area (Å²) in [5.41, 5.74) is 0.102. The van der Waals surface area contributed by atoms with Crippen molar-refractivity contribution >= 4 is 17.4 Å². The molecule has 0 aromatic heterocycles. The Kier molecular flexibility index (Phi) is 3.35. The summed E-state index contributed by atoms with van der Waals surface area (Å²) in [6, 6.07) is 6.33. The summed E-state index contributed by atoms with van der Waals surface area (Å²) >= 11 is 1.48. The SMILES string of the molecule is C#CCSc1ccc([N+](=O)[O-])cc1. The van der Waals surface area contributed by atoms with E-state index in [0.29, 0.717) is 5.75 Å². The van der Waals surface area contributed by atoms with Gasteiger partial charge in [0.15, 0.2) is 0 Å². The summed E-state index contributed by atoms with van der Waals surface area (Å²) in [7, 11) is 0.